The van der Waals surface area contributed by atoms with E-state index in [1.165, 1.54) is 24.5 Å². The third-order valence-electron chi connectivity index (χ3n) is 6.33. The van der Waals surface area contributed by atoms with Gasteiger partial charge in [-0.2, -0.15) is 22.3 Å². The minimum Gasteiger partial charge on any atom is -0.619 e. The molecule has 2 aromatic heterocycles. The van der Waals surface area contributed by atoms with Gasteiger partial charge in [0.1, 0.15) is 11.6 Å². The van der Waals surface area contributed by atoms with Crippen LogP contribution < -0.4 is 19.5 Å². The van der Waals surface area contributed by atoms with Gasteiger partial charge >= 0.3 is 13.2 Å². The Hall–Kier alpha value is -4.54. The molecule has 40 heavy (non-hydrogen) atoms. The van der Waals surface area contributed by atoms with Gasteiger partial charge in [0.15, 0.2) is 23.9 Å². The first-order valence-corrected chi connectivity index (χ1v) is 12.2. The molecule has 0 spiro atoms. The van der Waals surface area contributed by atoms with Gasteiger partial charge in [0, 0.05) is 24.2 Å². The second-order valence-electron chi connectivity index (χ2n) is 9.56. The smallest absolute Gasteiger partial charge is 0.387 e. The van der Waals surface area contributed by atoms with Crippen molar-refractivity contribution in [3.05, 3.63) is 113 Å². The van der Waals surface area contributed by atoms with Crippen LogP contribution in [0.15, 0.2) is 85.3 Å². The SMILES string of the molecule is CC(C)(Nc1ccc(C(Cc2cc[n+]([O-])cc2)c2ccc(OC(F)F)c(OC(F)F)c2)cn1)c1ccc(O)cc1. The van der Waals surface area contributed by atoms with Crippen LogP contribution in [0, 0.1) is 5.21 Å². The number of ether oxygens (including phenoxy) is 2. The number of anilines is 1. The van der Waals surface area contributed by atoms with Gasteiger partial charge in [0.25, 0.3) is 0 Å². The molecule has 1 atom stereocenters. The number of nitrogens with zero attached hydrogens (tertiary/aromatic N) is 2. The van der Waals surface area contributed by atoms with E-state index in [1.807, 2.05) is 19.9 Å². The van der Waals surface area contributed by atoms with Gasteiger partial charge in [0.2, 0.25) is 0 Å². The summed E-state index contributed by atoms with van der Waals surface area (Å²) < 4.78 is 61.3. The molecule has 4 rings (SSSR count). The molecule has 0 amide bonds. The number of rotatable bonds is 11. The molecule has 2 aromatic carbocycles. The molecule has 1 unspecified atom stereocenters. The van der Waals surface area contributed by atoms with Crippen LogP contribution >= 0.6 is 0 Å². The van der Waals surface area contributed by atoms with E-state index in [2.05, 4.69) is 19.8 Å². The quantitative estimate of drug-likeness (QED) is 0.127. The molecule has 210 valence electrons. The summed E-state index contributed by atoms with van der Waals surface area (Å²) in [6, 6.07) is 17.6. The van der Waals surface area contributed by atoms with Crippen molar-refractivity contribution in [2.75, 3.05) is 5.32 Å². The summed E-state index contributed by atoms with van der Waals surface area (Å²) in [4.78, 5) is 4.55. The molecule has 7 nitrogen and oxygen atoms in total. The lowest BCUT2D eigenvalue weighted by Gasteiger charge is -2.28. The molecule has 0 radical (unpaired) electrons. The Labute approximate surface area is 228 Å². The van der Waals surface area contributed by atoms with Crippen molar-refractivity contribution in [2.45, 2.75) is 44.9 Å². The van der Waals surface area contributed by atoms with E-state index in [4.69, 9.17) is 0 Å². The number of nitrogens with one attached hydrogen (secondary N) is 1. The van der Waals surface area contributed by atoms with Crippen molar-refractivity contribution in [1.29, 1.82) is 0 Å². The number of hydrogen-bond donors (Lipinski definition) is 2. The van der Waals surface area contributed by atoms with Gasteiger partial charge in [-0.3, -0.25) is 0 Å². The summed E-state index contributed by atoms with van der Waals surface area (Å²) in [7, 11) is 0. The molecular weight excluding hydrogens is 530 g/mol. The Morgan fingerprint density at radius 2 is 1.50 bits per heavy atom. The summed E-state index contributed by atoms with van der Waals surface area (Å²) in [5, 5.41) is 24.5. The summed E-state index contributed by atoms with van der Waals surface area (Å²) in [6.07, 6.45) is 4.66. The molecule has 2 heterocycles. The van der Waals surface area contributed by atoms with Crippen molar-refractivity contribution >= 4 is 5.82 Å². The van der Waals surface area contributed by atoms with Crippen molar-refractivity contribution in [3.8, 4) is 17.2 Å². The number of alkyl halides is 4. The van der Waals surface area contributed by atoms with Crippen LogP contribution in [0.25, 0.3) is 0 Å². The fraction of sp³-hybridized carbons (Fsp3) is 0.241. The average Bonchev–Trinajstić information content (AvgIpc) is 2.89. The monoisotopic (exact) mass is 557 g/mol. The first-order valence-electron chi connectivity index (χ1n) is 12.2. The summed E-state index contributed by atoms with van der Waals surface area (Å²) >= 11 is 0. The fourth-order valence-corrected chi connectivity index (χ4v) is 4.32. The number of benzene rings is 2. The van der Waals surface area contributed by atoms with Gasteiger partial charge in [-0.1, -0.05) is 24.3 Å². The average molecular weight is 558 g/mol. The highest BCUT2D eigenvalue weighted by Gasteiger charge is 2.23. The highest BCUT2D eigenvalue weighted by molar-refractivity contribution is 5.48. The zero-order valence-corrected chi connectivity index (χ0v) is 21.6. The fourth-order valence-electron chi connectivity index (χ4n) is 4.32. The topological polar surface area (TPSA) is 90.6 Å². The molecule has 0 aliphatic carbocycles. The molecule has 0 aliphatic heterocycles. The molecule has 0 aliphatic rings. The zero-order chi connectivity index (χ0) is 28.9. The number of phenolic OH excluding ortho intramolecular Hbond substituents is 1. The van der Waals surface area contributed by atoms with Gasteiger partial charge in [-0.15, -0.1) is 0 Å². The second kappa shape index (κ2) is 12.1. The Morgan fingerprint density at radius 3 is 2.10 bits per heavy atom. The number of halogens is 4. The van der Waals surface area contributed by atoms with Crippen LogP contribution in [-0.4, -0.2) is 23.3 Å². The van der Waals surface area contributed by atoms with Crippen LogP contribution in [0.5, 0.6) is 17.2 Å². The molecule has 0 fully saturated rings. The van der Waals surface area contributed by atoms with Gasteiger partial charge in [0.05, 0.1) is 5.54 Å². The molecular formula is C29H27F4N3O4. The van der Waals surface area contributed by atoms with Crippen molar-refractivity contribution in [3.63, 3.8) is 0 Å². The van der Waals surface area contributed by atoms with Gasteiger partial charge in [-0.25, -0.2) is 4.98 Å². The van der Waals surface area contributed by atoms with E-state index in [9.17, 15) is 27.9 Å². The number of phenols is 1. The van der Waals surface area contributed by atoms with E-state index in [0.29, 0.717) is 28.1 Å². The second-order valence-corrected chi connectivity index (χ2v) is 9.56. The minimum atomic E-state index is -3.25. The molecule has 0 saturated heterocycles. The Kier molecular flexibility index (Phi) is 8.61. The predicted octanol–water partition coefficient (Wildman–Crippen LogP) is 6.35. The van der Waals surface area contributed by atoms with Gasteiger partial charge in [-0.05, 0) is 72.9 Å². The van der Waals surface area contributed by atoms with E-state index >= 15 is 0 Å². The van der Waals surface area contributed by atoms with Crippen LogP contribution in [-0.2, 0) is 12.0 Å². The molecule has 0 bridgehead atoms. The standard InChI is InChI=1S/C29H27F4N3O4/c1-29(2,21-5-7-22(37)8-6-21)35-26-10-4-20(17-34-26)23(15-18-11-13-36(38)14-12-18)19-3-9-24(39-27(30)31)25(16-19)40-28(32)33/h3-14,16-17,23,27-28,37H,15H2,1-2H3,(H,34,35). The summed E-state index contributed by atoms with van der Waals surface area (Å²) in [5.74, 6) is -0.776. The van der Waals surface area contributed by atoms with Crippen molar-refractivity contribution < 1.29 is 36.9 Å². The highest BCUT2D eigenvalue weighted by atomic mass is 19.3. The Morgan fingerprint density at radius 1 is 0.875 bits per heavy atom. The highest BCUT2D eigenvalue weighted by Crippen LogP contribution is 2.37. The van der Waals surface area contributed by atoms with E-state index in [0.717, 1.165) is 17.2 Å². The lowest BCUT2D eigenvalue weighted by molar-refractivity contribution is -0.605. The van der Waals surface area contributed by atoms with Crippen molar-refractivity contribution in [1.82, 2.24) is 4.98 Å². The van der Waals surface area contributed by atoms with E-state index in [1.54, 1.807) is 48.7 Å². The number of aromatic hydroxyl groups is 1. The van der Waals surface area contributed by atoms with Crippen LogP contribution in [0.1, 0.15) is 42.0 Å². The maximum absolute atomic E-state index is 13.1. The third kappa shape index (κ3) is 7.31. The maximum atomic E-state index is 13.1. The predicted molar refractivity (Wildman–Crippen MR) is 140 cm³/mol. The number of hydrogen-bond acceptors (Lipinski definition) is 6. The summed E-state index contributed by atoms with van der Waals surface area (Å²) in [6.45, 7) is -2.55. The van der Waals surface area contributed by atoms with Gasteiger partial charge < -0.3 is 25.1 Å². The minimum absolute atomic E-state index is 0.160. The van der Waals surface area contributed by atoms with Crippen LogP contribution in [0.4, 0.5) is 23.4 Å². The first kappa shape index (κ1) is 28.5. The van der Waals surface area contributed by atoms with E-state index < -0.39 is 36.2 Å². The van der Waals surface area contributed by atoms with Crippen LogP contribution in [0.3, 0.4) is 0 Å². The molecule has 4 aromatic rings. The van der Waals surface area contributed by atoms with Crippen LogP contribution in [0.2, 0.25) is 0 Å². The lowest BCUT2D eigenvalue weighted by Crippen LogP contribution is -2.28. The normalized spacial score (nSPS) is 12.4. The molecule has 2 N–H and O–H groups in total. The van der Waals surface area contributed by atoms with Crippen molar-refractivity contribution in [2.24, 2.45) is 0 Å². The summed E-state index contributed by atoms with van der Waals surface area (Å²) in [5.41, 5.74) is 2.37. The number of pyridine rings is 2. The molecule has 11 heteroatoms. The lowest BCUT2D eigenvalue weighted by atomic mass is 9.86. The first-order chi connectivity index (χ1) is 19.0. The Bertz CT molecular complexity index is 1400. The zero-order valence-electron chi connectivity index (χ0n) is 21.6. The maximum Gasteiger partial charge on any atom is 0.387 e. The largest absolute Gasteiger partial charge is 0.619 e. The Balaban J connectivity index is 1.67. The molecule has 0 saturated carbocycles. The third-order valence-corrected chi connectivity index (χ3v) is 6.33. The number of aromatic nitrogens is 2. The van der Waals surface area contributed by atoms with E-state index in [-0.39, 0.29) is 5.75 Å².